The van der Waals surface area contributed by atoms with Crippen LogP contribution in [0.15, 0.2) is 77.9 Å². The van der Waals surface area contributed by atoms with E-state index < -0.39 is 35.1 Å². The zero-order valence-electron chi connectivity index (χ0n) is 25.3. The lowest BCUT2D eigenvalue weighted by molar-refractivity contribution is -0.137. The van der Waals surface area contributed by atoms with E-state index in [2.05, 4.69) is 20.9 Å². The summed E-state index contributed by atoms with van der Waals surface area (Å²) in [5.41, 5.74) is 0.584. The Bertz CT molecular complexity index is 2030. The molecule has 13 heteroatoms. The molecule has 2 amide bonds. The van der Waals surface area contributed by atoms with Crippen molar-refractivity contribution >= 4 is 28.5 Å². The first-order valence-corrected chi connectivity index (χ1v) is 14.2. The number of likely N-dealkylation sites (N-methyl/N-ethyl adjacent to an activating group) is 1. The van der Waals surface area contributed by atoms with Crippen molar-refractivity contribution < 1.29 is 27.2 Å². The highest BCUT2D eigenvalue weighted by molar-refractivity contribution is 5.95. The molecule has 0 aliphatic rings. The fraction of sp³-hybridized carbons (Fsp3) is 0.212. The molecule has 3 aromatic carbocycles. The number of nitrogens with one attached hydrogen (secondary N) is 3. The maximum atomic E-state index is 14.2. The van der Waals surface area contributed by atoms with Crippen LogP contribution in [0.4, 0.5) is 23.4 Å². The number of carbonyl (C=O) groups is 2. The largest absolute Gasteiger partial charge is 0.416 e. The highest BCUT2D eigenvalue weighted by atomic mass is 19.4. The van der Waals surface area contributed by atoms with Gasteiger partial charge in [0.15, 0.2) is 5.82 Å². The first-order chi connectivity index (χ1) is 21.8. The van der Waals surface area contributed by atoms with Crippen LogP contribution in [-0.2, 0) is 17.5 Å². The third-order valence-corrected chi connectivity index (χ3v) is 7.66. The predicted molar refractivity (Wildman–Crippen MR) is 167 cm³/mol. The van der Waals surface area contributed by atoms with Gasteiger partial charge in [0.25, 0.3) is 11.5 Å². The number of benzene rings is 3. The number of alkyl halides is 3. The Morgan fingerprint density at radius 3 is 2.48 bits per heavy atom. The molecule has 9 nitrogen and oxygen atoms in total. The smallest absolute Gasteiger partial charge is 0.355 e. The molecule has 5 rings (SSSR count). The molecule has 0 fully saturated rings. The number of carbonyl (C=O) groups excluding carboxylic acids is 2. The fourth-order valence-corrected chi connectivity index (χ4v) is 5.11. The van der Waals surface area contributed by atoms with Gasteiger partial charge in [-0.2, -0.15) is 13.2 Å². The molecule has 1 atom stereocenters. The number of halogens is 4. The number of anilines is 1. The minimum absolute atomic E-state index is 0.115. The van der Waals surface area contributed by atoms with Gasteiger partial charge in [-0.15, -0.1) is 0 Å². The van der Waals surface area contributed by atoms with Crippen LogP contribution in [0.1, 0.15) is 34.0 Å². The topological polar surface area (TPSA) is 110 Å². The van der Waals surface area contributed by atoms with E-state index >= 15 is 0 Å². The second-order valence-electron chi connectivity index (χ2n) is 10.8. The quantitative estimate of drug-likeness (QED) is 0.202. The SMILES string of the molecule is CNC(=O)c1cccc(-c2cnc(NC(=O)C(C)NC)c(=O)n2Cc2cc(-n3cc(C)c4cc(F)ccc43)cc(C(F)(F)F)c2)c1. The Labute approximate surface area is 260 Å². The molecule has 2 aromatic heterocycles. The monoisotopic (exact) mass is 634 g/mol. The molecule has 5 aromatic rings. The van der Waals surface area contributed by atoms with Crippen LogP contribution in [0.25, 0.3) is 27.8 Å². The van der Waals surface area contributed by atoms with Gasteiger partial charge in [0.2, 0.25) is 5.91 Å². The molecule has 0 spiro atoms. The van der Waals surface area contributed by atoms with Crippen LogP contribution < -0.4 is 21.5 Å². The van der Waals surface area contributed by atoms with Crippen molar-refractivity contribution in [3.63, 3.8) is 0 Å². The van der Waals surface area contributed by atoms with Gasteiger partial charge < -0.3 is 20.5 Å². The predicted octanol–water partition coefficient (Wildman–Crippen LogP) is 5.27. The van der Waals surface area contributed by atoms with E-state index in [0.717, 1.165) is 12.1 Å². The minimum Gasteiger partial charge on any atom is -0.355 e. The molecule has 0 aliphatic carbocycles. The van der Waals surface area contributed by atoms with Gasteiger partial charge in [-0.3, -0.25) is 19.0 Å². The third-order valence-electron chi connectivity index (χ3n) is 7.66. The molecule has 2 heterocycles. The highest BCUT2D eigenvalue weighted by Crippen LogP contribution is 2.34. The van der Waals surface area contributed by atoms with E-state index in [1.807, 2.05) is 0 Å². The Kier molecular flexibility index (Phi) is 8.79. The highest BCUT2D eigenvalue weighted by Gasteiger charge is 2.32. The maximum absolute atomic E-state index is 14.2. The summed E-state index contributed by atoms with van der Waals surface area (Å²) in [6.45, 7) is 2.96. The van der Waals surface area contributed by atoms with Gasteiger partial charge >= 0.3 is 6.18 Å². The van der Waals surface area contributed by atoms with E-state index in [1.165, 1.54) is 52.7 Å². The summed E-state index contributed by atoms with van der Waals surface area (Å²) < 4.78 is 59.4. The van der Waals surface area contributed by atoms with Crippen molar-refractivity contribution in [1.29, 1.82) is 0 Å². The number of amides is 2. The number of aryl methyl sites for hydroxylation is 1. The molecular weight excluding hydrogens is 604 g/mol. The van der Waals surface area contributed by atoms with E-state index in [0.29, 0.717) is 22.0 Å². The molecule has 0 saturated carbocycles. The Morgan fingerprint density at radius 1 is 1.02 bits per heavy atom. The number of fused-ring (bicyclic) bond motifs is 1. The van der Waals surface area contributed by atoms with Crippen LogP contribution in [0, 0.1) is 12.7 Å². The second kappa shape index (κ2) is 12.6. The summed E-state index contributed by atoms with van der Waals surface area (Å²) in [5, 5.41) is 8.31. The molecule has 46 heavy (non-hydrogen) atoms. The lowest BCUT2D eigenvalue weighted by Crippen LogP contribution is -2.38. The van der Waals surface area contributed by atoms with Crippen molar-refractivity contribution in [2.24, 2.45) is 0 Å². The third kappa shape index (κ3) is 6.40. The number of rotatable bonds is 8. The summed E-state index contributed by atoms with van der Waals surface area (Å²) in [5.74, 6) is -1.72. The molecule has 1 unspecified atom stereocenters. The van der Waals surface area contributed by atoms with E-state index in [9.17, 15) is 31.9 Å². The first-order valence-electron chi connectivity index (χ1n) is 14.2. The molecule has 0 aliphatic heterocycles. The first kappa shape index (κ1) is 32.1. The van der Waals surface area contributed by atoms with Crippen LogP contribution >= 0.6 is 0 Å². The Hall–Kier alpha value is -5.30. The van der Waals surface area contributed by atoms with Crippen LogP contribution in [0.5, 0.6) is 0 Å². The molecule has 0 bridgehead atoms. The van der Waals surface area contributed by atoms with Gasteiger partial charge in [0, 0.05) is 35.4 Å². The van der Waals surface area contributed by atoms with E-state index in [-0.39, 0.29) is 40.8 Å². The summed E-state index contributed by atoms with van der Waals surface area (Å²) in [4.78, 5) is 43.0. The van der Waals surface area contributed by atoms with E-state index in [4.69, 9.17) is 0 Å². The zero-order valence-corrected chi connectivity index (χ0v) is 25.3. The number of hydrogen-bond acceptors (Lipinski definition) is 5. The normalized spacial score (nSPS) is 12.3. The van der Waals surface area contributed by atoms with Crippen molar-refractivity contribution in [3.8, 4) is 16.9 Å². The fourth-order valence-electron chi connectivity index (χ4n) is 5.11. The summed E-state index contributed by atoms with van der Waals surface area (Å²) in [7, 11) is 3.03. The van der Waals surface area contributed by atoms with Crippen molar-refractivity contribution in [2.75, 3.05) is 19.4 Å². The summed E-state index contributed by atoms with van der Waals surface area (Å²) in [6, 6.07) is 13.1. The summed E-state index contributed by atoms with van der Waals surface area (Å²) in [6.07, 6.45) is -1.80. The lowest BCUT2D eigenvalue weighted by atomic mass is 10.1. The molecular formula is C33H30F4N6O3. The molecule has 3 N–H and O–H groups in total. The second-order valence-corrected chi connectivity index (χ2v) is 10.8. The average molecular weight is 635 g/mol. The van der Waals surface area contributed by atoms with Crippen LogP contribution in [0.3, 0.4) is 0 Å². The van der Waals surface area contributed by atoms with Gasteiger partial charge in [-0.25, -0.2) is 9.37 Å². The van der Waals surface area contributed by atoms with Crippen molar-refractivity contribution in [3.05, 3.63) is 111 Å². The number of nitrogens with zero attached hydrogens (tertiary/aromatic N) is 3. The number of aromatic nitrogens is 3. The van der Waals surface area contributed by atoms with Gasteiger partial charge in [0.1, 0.15) is 5.82 Å². The zero-order chi connectivity index (χ0) is 33.3. The van der Waals surface area contributed by atoms with E-state index in [1.54, 1.807) is 45.3 Å². The molecule has 0 radical (unpaired) electrons. The van der Waals surface area contributed by atoms with Gasteiger partial charge in [-0.1, -0.05) is 12.1 Å². The van der Waals surface area contributed by atoms with Crippen molar-refractivity contribution in [1.82, 2.24) is 24.8 Å². The average Bonchev–Trinajstić information content (AvgIpc) is 3.36. The van der Waals surface area contributed by atoms with Gasteiger partial charge in [0.05, 0.1) is 35.6 Å². The maximum Gasteiger partial charge on any atom is 0.416 e. The Balaban J connectivity index is 1.70. The molecule has 0 saturated heterocycles. The minimum atomic E-state index is -4.73. The molecule has 238 valence electrons. The lowest BCUT2D eigenvalue weighted by Gasteiger charge is -2.18. The number of hydrogen-bond donors (Lipinski definition) is 3. The standard InChI is InChI=1S/C33H30F4N6O3/c1-18-16-42(27-9-8-24(34)14-26(18)27)25-11-20(10-23(13-25)33(35,36)37)17-43-28(21-6-5-7-22(12-21)31(45)39-4)15-40-29(32(43)46)41-30(44)19(2)38-3/h5-16,19,38H,17H2,1-4H3,(H,39,45)(H,40,41,44). The van der Waals surface area contributed by atoms with Crippen molar-refractivity contribution in [2.45, 2.75) is 32.6 Å². The Morgan fingerprint density at radius 2 is 1.78 bits per heavy atom. The summed E-state index contributed by atoms with van der Waals surface area (Å²) >= 11 is 0. The van der Waals surface area contributed by atoms with Gasteiger partial charge in [-0.05, 0) is 80.6 Å². The van der Waals surface area contributed by atoms with Crippen LogP contribution in [0.2, 0.25) is 0 Å². The van der Waals surface area contributed by atoms with Crippen LogP contribution in [-0.4, -0.2) is 46.1 Å².